The van der Waals surface area contributed by atoms with E-state index in [1.165, 1.54) is 18.7 Å². The van der Waals surface area contributed by atoms with Gasteiger partial charge in [-0.2, -0.15) is 11.8 Å². The highest BCUT2D eigenvalue weighted by atomic mass is 32.2. The van der Waals surface area contributed by atoms with Gasteiger partial charge in [0.15, 0.2) is 5.78 Å². The summed E-state index contributed by atoms with van der Waals surface area (Å²) >= 11 is 1.50. The van der Waals surface area contributed by atoms with Crippen molar-refractivity contribution >= 4 is 29.1 Å². The lowest BCUT2D eigenvalue weighted by molar-refractivity contribution is -0.113. The Morgan fingerprint density at radius 2 is 1.94 bits per heavy atom. The lowest BCUT2D eigenvalue weighted by Gasteiger charge is -2.05. The number of amides is 1. The quantitative estimate of drug-likeness (QED) is 0.595. The average Bonchev–Trinajstić information content (AvgIpc) is 2.30. The average molecular weight is 252 g/mol. The zero-order valence-corrected chi connectivity index (χ0v) is 10.5. The third kappa shape index (κ3) is 5.01. The zero-order chi connectivity index (χ0) is 12.7. The molecule has 1 amide bonds. The Hall–Kier alpha value is -1.33. The molecule has 5 heteroatoms. The minimum Gasteiger partial charge on any atom is -0.330 e. The van der Waals surface area contributed by atoms with Crippen molar-refractivity contribution in [2.75, 3.05) is 23.4 Å². The lowest BCUT2D eigenvalue weighted by atomic mass is 10.1. The SMILES string of the molecule is CC(=O)c1ccc(NC(=O)CSCCN)cc1. The third-order valence-electron chi connectivity index (χ3n) is 2.07. The predicted molar refractivity (Wildman–Crippen MR) is 71.5 cm³/mol. The van der Waals surface area contributed by atoms with E-state index in [4.69, 9.17) is 5.73 Å². The van der Waals surface area contributed by atoms with Crippen LogP contribution in [-0.2, 0) is 4.79 Å². The molecule has 0 aliphatic rings. The summed E-state index contributed by atoms with van der Waals surface area (Å²) < 4.78 is 0. The van der Waals surface area contributed by atoms with E-state index in [1.807, 2.05) is 0 Å². The number of hydrogen-bond donors (Lipinski definition) is 2. The molecule has 92 valence electrons. The number of carbonyl (C=O) groups is 2. The molecule has 0 fully saturated rings. The number of Topliss-reactive ketones (excluding diaryl/α,β-unsaturated/α-hetero) is 1. The van der Waals surface area contributed by atoms with Crippen molar-refractivity contribution in [3.63, 3.8) is 0 Å². The van der Waals surface area contributed by atoms with Crippen molar-refractivity contribution in [1.82, 2.24) is 0 Å². The van der Waals surface area contributed by atoms with E-state index >= 15 is 0 Å². The van der Waals surface area contributed by atoms with E-state index in [2.05, 4.69) is 5.32 Å². The summed E-state index contributed by atoms with van der Waals surface area (Å²) in [6.07, 6.45) is 0. The molecule has 17 heavy (non-hydrogen) atoms. The number of thioether (sulfide) groups is 1. The summed E-state index contributed by atoms with van der Waals surface area (Å²) in [6, 6.07) is 6.85. The number of carbonyl (C=O) groups excluding carboxylic acids is 2. The van der Waals surface area contributed by atoms with Gasteiger partial charge in [-0.3, -0.25) is 9.59 Å². The lowest BCUT2D eigenvalue weighted by Crippen LogP contribution is -2.15. The monoisotopic (exact) mass is 252 g/mol. The summed E-state index contributed by atoms with van der Waals surface area (Å²) in [7, 11) is 0. The molecular formula is C12H16N2O2S. The number of benzene rings is 1. The van der Waals surface area contributed by atoms with Crippen LogP contribution in [0.2, 0.25) is 0 Å². The van der Waals surface area contributed by atoms with Gasteiger partial charge in [0.2, 0.25) is 5.91 Å². The fourth-order valence-corrected chi connectivity index (χ4v) is 1.80. The molecule has 1 aromatic carbocycles. The van der Waals surface area contributed by atoms with Crippen molar-refractivity contribution in [1.29, 1.82) is 0 Å². The molecule has 0 aliphatic heterocycles. The number of nitrogens with one attached hydrogen (secondary N) is 1. The second kappa shape index (κ2) is 7.09. The van der Waals surface area contributed by atoms with E-state index in [0.717, 1.165) is 5.75 Å². The van der Waals surface area contributed by atoms with Crippen molar-refractivity contribution in [3.8, 4) is 0 Å². The van der Waals surface area contributed by atoms with Crippen molar-refractivity contribution in [2.45, 2.75) is 6.92 Å². The molecule has 0 heterocycles. The molecule has 0 spiro atoms. The molecule has 0 saturated carbocycles. The summed E-state index contributed by atoms with van der Waals surface area (Å²) in [5, 5.41) is 2.76. The first kappa shape index (κ1) is 13.7. The number of hydrogen-bond acceptors (Lipinski definition) is 4. The highest BCUT2D eigenvalue weighted by Crippen LogP contribution is 2.10. The van der Waals surface area contributed by atoms with Gasteiger partial charge in [0, 0.05) is 23.5 Å². The Morgan fingerprint density at radius 3 is 2.47 bits per heavy atom. The maximum Gasteiger partial charge on any atom is 0.234 e. The van der Waals surface area contributed by atoms with Crippen LogP contribution in [0.15, 0.2) is 24.3 Å². The van der Waals surface area contributed by atoms with Crippen LogP contribution in [0.1, 0.15) is 17.3 Å². The van der Waals surface area contributed by atoms with E-state index in [0.29, 0.717) is 23.5 Å². The molecule has 1 rings (SSSR count). The molecule has 0 unspecified atom stereocenters. The third-order valence-corrected chi connectivity index (χ3v) is 3.06. The Kier molecular flexibility index (Phi) is 5.72. The standard InChI is InChI=1S/C12H16N2O2S/c1-9(15)10-2-4-11(5-3-10)14-12(16)8-17-7-6-13/h2-5H,6-8,13H2,1H3,(H,14,16). The summed E-state index contributed by atoms with van der Waals surface area (Å²) in [6.45, 7) is 2.09. The van der Waals surface area contributed by atoms with E-state index < -0.39 is 0 Å². The fraction of sp³-hybridized carbons (Fsp3) is 0.333. The second-order valence-corrected chi connectivity index (χ2v) is 4.63. The van der Waals surface area contributed by atoms with Gasteiger partial charge < -0.3 is 11.1 Å². The Balaban J connectivity index is 2.46. The summed E-state index contributed by atoms with van der Waals surface area (Å²) in [4.78, 5) is 22.5. The van der Waals surface area contributed by atoms with Crippen LogP contribution in [0.3, 0.4) is 0 Å². The van der Waals surface area contributed by atoms with Gasteiger partial charge in [0.25, 0.3) is 0 Å². The van der Waals surface area contributed by atoms with Crippen LogP contribution in [0.5, 0.6) is 0 Å². The largest absolute Gasteiger partial charge is 0.330 e. The van der Waals surface area contributed by atoms with Crippen LogP contribution in [-0.4, -0.2) is 29.7 Å². The predicted octanol–water partition coefficient (Wildman–Crippen LogP) is 1.52. The van der Waals surface area contributed by atoms with Crippen molar-refractivity contribution in [3.05, 3.63) is 29.8 Å². The van der Waals surface area contributed by atoms with Gasteiger partial charge in [0.05, 0.1) is 5.75 Å². The number of rotatable bonds is 6. The van der Waals surface area contributed by atoms with E-state index in [1.54, 1.807) is 24.3 Å². The van der Waals surface area contributed by atoms with Crippen LogP contribution in [0.4, 0.5) is 5.69 Å². The Morgan fingerprint density at radius 1 is 1.29 bits per heavy atom. The topological polar surface area (TPSA) is 72.2 Å². The summed E-state index contributed by atoms with van der Waals surface area (Å²) in [5.41, 5.74) is 6.67. The highest BCUT2D eigenvalue weighted by Gasteiger charge is 2.03. The first-order valence-electron chi connectivity index (χ1n) is 5.32. The summed E-state index contributed by atoms with van der Waals surface area (Å²) in [5.74, 6) is 1.13. The molecular weight excluding hydrogens is 236 g/mol. The smallest absolute Gasteiger partial charge is 0.234 e. The molecule has 0 aliphatic carbocycles. The molecule has 0 aromatic heterocycles. The maximum atomic E-state index is 11.5. The highest BCUT2D eigenvalue weighted by molar-refractivity contribution is 7.99. The normalized spacial score (nSPS) is 10.0. The molecule has 0 radical (unpaired) electrons. The van der Waals surface area contributed by atoms with Crippen molar-refractivity contribution < 1.29 is 9.59 Å². The van der Waals surface area contributed by atoms with Gasteiger partial charge in [-0.15, -0.1) is 0 Å². The number of nitrogens with two attached hydrogens (primary N) is 1. The van der Waals surface area contributed by atoms with E-state index in [-0.39, 0.29) is 11.7 Å². The molecule has 0 atom stereocenters. The minimum absolute atomic E-state index is 0.0152. The molecule has 0 saturated heterocycles. The second-order valence-electron chi connectivity index (χ2n) is 3.52. The minimum atomic E-state index is -0.0565. The van der Waals surface area contributed by atoms with Crippen LogP contribution >= 0.6 is 11.8 Å². The maximum absolute atomic E-state index is 11.5. The number of anilines is 1. The molecule has 1 aromatic rings. The van der Waals surface area contributed by atoms with Gasteiger partial charge in [0.1, 0.15) is 0 Å². The van der Waals surface area contributed by atoms with Gasteiger partial charge in [-0.25, -0.2) is 0 Å². The van der Waals surface area contributed by atoms with Gasteiger partial charge >= 0.3 is 0 Å². The van der Waals surface area contributed by atoms with E-state index in [9.17, 15) is 9.59 Å². The first-order chi connectivity index (χ1) is 8.13. The fourth-order valence-electron chi connectivity index (χ4n) is 1.23. The molecule has 4 nitrogen and oxygen atoms in total. The first-order valence-corrected chi connectivity index (χ1v) is 6.47. The number of ketones is 1. The molecule has 3 N–H and O–H groups in total. The van der Waals surface area contributed by atoms with Crippen LogP contribution in [0.25, 0.3) is 0 Å². The van der Waals surface area contributed by atoms with Crippen LogP contribution < -0.4 is 11.1 Å². The van der Waals surface area contributed by atoms with Crippen LogP contribution in [0, 0.1) is 0 Å². The Labute approximate surface area is 105 Å². The zero-order valence-electron chi connectivity index (χ0n) is 9.73. The van der Waals surface area contributed by atoms with Gasteiger partial charge in [-0.05, 0) is 31.2 Å². The van der Waals surface area contributed by atoms with Crippen molar-refractivity contribution in [2.24, 2.45) is 5.73 Å². The molecule has 0 bridgehead atoms. The Bertz CT molecular complexity index is 390. The van der Waals surface area contributed by atoms with Gasteiger partial charge in [-0.1, -0.05) is 0 Å².